The number of para-hydroxylation sites is 2. The molecule has 1 N–H and O–H groups in total. The number of rotatable bonds is 7. The molecule has 0 aliphatic heterocycles. The highest BCUT2D eigenvalue weighted by Crippen LogP contribution is 2.39. The van der Waals surface area contributed by atoms with E-state index in [4.69, 9.17) is 4.74 Å². The van der Waals surface area contributed by atoms with E-state index < -0.39 is 4.92 Å². The smallest absolute Gasteiger partial charge is 0.343 e. The molecule has 166 valence electrons. The van der Waals surface area contributed by atoms with Crippen molar-refractivity contribution in [3.63, 3.8) is 0 Å². The fourth-order valence-corrected chi connectivity index (χ4v) is 4.31. The summed E-state index contributed by atoms with van der Waals surface area (Å²) in [7, 11) is 0. The highest BCUT2D eigenvalue weighted by Gasteiger charge is 2.24. The van der Waals surface area contributed by atoms with Crippen LogP contribution in [0, 0.1) is 10.1 Å². The van der Waals surface area contributed by atoms with E-state index in [2.05, 4.69) is 20.3 Å². The lowest BCUT2D eigenvalue weighted by atomic mass is 10.2. The Kier molecular flexibility index (Phi) is 6.00. The molecule has 0 spiro atoms. The molecule has 0 amide bonds. The summed E-state index contributed by atoms with van der Waals surface area (Å²) in [6.45, 7) is 0. The van der Waals surface area contributed by atoms with Crippen molar-refractivity contribution in [3.8, 4) is 11.5 Å². The molecular formula is C25H17N5O3S. The Morgan fingerprint density at radius 3 is 2.38 bits per heavy atom. The first-order valence-electron chi connectivity index (χ1n) is 10.3. The summed E-state index contributed by atoms with van der Waals surface area (Å²) in [6, 6.07) is 26.0. The monoisotopic (exact) mass is 467 g/mol. The van der Waals surface area contributed by atoms with Gasteiger partial charge in [-0.3, -0.25) is 15.1 Å². The van der Waals surface area contributed by atoms with E-state index in [9.17, 15) is 10.1 Å². The van der Waals surface area contributed by atoms with Gasteiger partial charge in [-0.2, -0.15) is 0 Å². The summed E-state index contributed by atoms with van der Waals surface area (Å²) in [5, 5.41) is 16.2. The van der Waals surface area contributed by atoms with Gasteiger partial charge in [-0.25, -0.2) is 9.97 Å². The Balaban J connectivity index is 1.41. The maximum Gasteiger partial charge on any atom is 0.343 e. The summed E-state index contributed by atoms with van der Waals surface area (Å²) in [5.41, 5.74) is 1.18. The number of nitrogens with zero attached hydrogens (tertiary/aromatic N) is 4. The van der Waals surface area contributed by atoms with Gasteiger partial charge in [-0.05, 0) is 48.5 Å². The van der Waals surface area contributed by atoms with Crippen LogP contribution in [0.4, 0.5) is 17.2 Å². The van der Waals surface area contributed by atoms with Crippen LogP contribution >= 0.6 is 11.8 Å². The Bertz CT molecular complexity index is 1460. The molecular weight excluding hydrogens is 450 g/mol. The van der Waals surface area contributed by atoms with Gasteiger partial charge in [0, 0.05) is 22.2 Å². The van der Waals surface area contributed by atoms with Crippen LogP contribution in [-0.2, 0) is 0 Å². The third-order valence-electron chi connectivity index (χ3n) is 4.87. The maximum absolute atomic E-state index is 12.0. The van der Waals surface area contributed by atoms with Gasteiger partial charge in [0.15, 0.2) is 5.03 Å². The summed E-state index contributed by atoms with van der Waals surface area (Å²) in [6.07, 6.45) is 3.00. The lowest BCUT2D eigenvalue weighted by molar-refractivity contribution is -0.387. The molecule has 0 saturated carbocycles. The van der Waals surface area contributed by atoms with Crippen LogP contribution in [0.2, 0.25) is 0 Å². The third-order valence-corrected chi connectivity index (χ3v) is 5.91. The summed E-state index contributed by atoms with van der Waals surface area (Å²) in [5.74, 6) is 1.47. The minimum absolute atomic E-state index is 0.104. The van der Waals surface area contributed by atoms with Crippen molar-refractivity contribution in [2.24, 2.45) is 0 Å². The number of nitro groups is 1. The normalized spacial score (nSPS) is 10.7. The number of aromatic nitrogens is 3. The topological polar surface area (TPSA) is 103 Å². The molecule has 5 rings (SSSR count). The van der Waals surface area contributed by atoms with Gasteiger partial charge < -0.3 is 10.1 Å². The van der Waals surface area contributed by atoms with Crippen LogP contribution in [0.15, 0.2) is 107 Å². The van der Waals surface area contributed by atoms with Crippen LogP contribution < -0.4 is 10.1 Å². The van der Waals surface area contributed by atoms with Crippen molar-refractivity contribution in [3.05, 3.63) is 108 Å². The molecule has 0 atom stereocenters. The average molecular weight is 468 g/mol. The maximum atomic E-state index is 12.0. The molecule has 0 aliphatic carbocycles. The molecule has 8 nitrogen and oxygen atoms in total. The quantitative estimate of drug-likeness (QED) is 0.162. The zero-order valence-electron chi connectivity index (χ0n) is 17.7. The van der Waals surface area contributed by atoms with E-state index in [0.29, 0.717) is 11.4 Å². The van der Waals surface area contributed by atoms with Gasteiger partial charge in [-0.15, -0.1) is 0 Å². The van der Waals surface area contributed by atoms with Crippen molar-refractivity contribution in [2.75, 3.05) is 5.32 Å². The Morgan fingerprint density at radius 1 is 0.824 bits per heavy atom. The molecule has 0 saturated heterocycles. The second kappa shape index (κ2) is 9.55. The summed E-state index contributed by atoms with van der Waals surface area (Å²) >= 11 is 1.19. The molecule has 0 radical (unpaired) electrons. The Labute approximate surface area is 198 Å². The van der Waals surface area contributed by atoms with Gasteiger partial charge >= 0.3 is 5.69 Å². The SMILES string of the molecule is O=[N+]([O-])c1c(Nc2ccc(Oc3ccccc3)cc2)ncnc1Sc1cccc2cccnc12. The number of hydrogen-bond donors (Lipinski definition) is 1. The molecule has 2 aromatic heterocycles. The lowest BCUT2D eigenvalue weighted by Gasteiger charge is -2.10. The van der Waals surface area contributed by atoms with E-state index in [0.717, 1.165) is 21.5 Å². The molecule has 2 heterocycles. The van der Waals surface area contributed by atoms with Gasteiger partial charge in [0.25, 0.3) is 0 Å². The molecule has 5 aromatic rings. The first-order chi connectivity index (χ1) is 16.7. The molecule has 9 heteroatoms. The van der Waals surface area contributed by atoms with Crippen LogP contribution in [0.25, 0.3) is 10.9 Å². The zero-order valence-corrected chi connectivity index (χ0v) is 18.5. The fraction of sp³-hybridized carbons (Fsp3) is 0. The highest BCUT2D eigenvalue weighted by molar-refractivity contribution is 7.99. The largest absolute Gasteiger partial charge is 0.457 e. The summed E-state index contributed by atoms with van der Waals surface area (Å²) in [4.78, 5) is 25.0. The second-order valence-corrected chi connectivity index (χ2v) is 8.16. The van der Waals surface area contributed by atoms with Crippen LogP contribution in [-0.4, -0.2) is 19.9 Å². The molecule has 0 fully saturated rings. The second-order valence-electron chi connectivity index (χ2n) is 7.13. The van der Waals surface area contributed by atoms with E-state index in [-0.39, 0.29) is 16.5 Å². The minimum Gasteiger partial charge on any atom is -0.457 e. The van der Waals surface area contributed by atoms with Crippen molar-refractivity contribution in [2.45, 2.75) is 9.92 Å². The molecule has 3 aromatic carbocycles. The number of nitrogens with one attached hydrogen (secondary N) is 1. The van der Waals surface area contributed by atoms with E-state index in [1.807, 2.05) is 60.7 Å². The minimum atomic E-state index is -0.476. The Hall–Kier alpha value is -4.50. The van der Waals surface area contributed by atoms with Gasteiger partial charge in [0.2, 0.25) is 5.82 Å². The van der Waals surface area contributed by atoms with E-state index >= 15 is 0 Å². The van der Waals surface area contributed by atoms with Crippen molar-refractivity contribution in [1.29, 1.82) is 0 Å². The molecule has 0 bridgehead atoms. The Morgan fingerprint density at radius 2 is 1.59 bits per heavy atom. The summed E-state index contributed by atoms with van der Waals surface area (Å²) < 4.78 is 5.80. The van der Waals surface area contributed by atoms with Gasteiger partial charge in [-0.1, -0.05) is 48.2 Å². The van der Waals surface area contributed by atoms with Crippen molar-refractivity contribution >= 4 is 39.9 Å². The number of benzene rings is 3. The number of pyridine rings is 1. The number of ether oxygens (including phenoxy) is 1. The van der Waals surface area contributed by atoms with Crippen molar-refractivity contribution in [1.82, 2.24) is 15.0 Å². The lowest BCUT2D eigenvalue weighted by Crippen LogP contribution is -2.03. The molecule has 0 aliphatic rings. The molecule has 0 unspecified atom stereocenters. The van der Waals surface area contributed by atoms with E-state index in [1.165, 1.54) is 18.1 Å². The number of fused-ring (bicyclic) bond motifs is 1. The zero-order chi connectivity index (χ0) is 23.3. The number of anilines is 2. The highest BCUT2D eigenvalue weighted by atomic mass is 32.2. The van der Waals surface area contributed by atoms with Crippen LogP contribution in [0.5, 0.6) is 11.5 Å². The van der Waals surface area contributed by atoms with E-state index in [1.54, 1.807) is 30.5 Å². The third kappa shape index (κ3) is 4.64. The average Bonchev–Trinajstić information content (AvgIpc) is 2.86. The first kappa shape index (κ1) is 21.4. The number of hydrogen-bond acceptors (Lipinski definition) is 8. The van der Waals surface area contributed by atoms with Gasteiger partial charge in [0.05, 0.1) is 10.4 Å². The van der Waals surface area contributed by atoms with Crippen LogP contribution in [0.1, 0.15) is 0 Å². The van der Waals surface area contributed by atoms with Crippen molar-refractivity contribution < 1.29 is 9.66 Å². The molecule has 34 heavy (non-hydrogen) atoms. The van der Waals surface area contributed by atoms with Gasteiger partial charge in [0.1, 0.15) is 17.8 Å². The first-order valence-corrected chi connectivity index (χ1v) is 11.1. The predicted octanol–water partition coefficient (Wildman–Crippen LogP) is 6.62. The standard InChI is InChI=1S/C25H17N5O3S/c31-30(32)23-24(29-18-11-13-20(14-12-18)33-19-8-2-1-3-9-19)27-16-28-25(23)34-21-10-4-6-17-7-5-15-26-22(17)21/h1-16H,(H,27,28,29). The fourth-order valence-electron chi connectivity index (χ4n) is 3.32. The predicted molar refractivity (Wildman–Crippen MR) is 131 cm³/mol. The van der Waals surface area contributed by atoms with Crippen LogP contribution in [0.3, 0.4) is 0 Å².